The molecule has 0 saturated carbocycles. The van der Waals surface area contributed by atoms with Crippen molar-refractivity contribution in [2.75, 3.05) is 14.2 Å². The second-order valence-electron chi connectivity index (χ2n) is 3.85. The molecule has 0 heterocycles. The van der Waals surface area contributed by atoms with Crippen LogP contribution < -0.4 is 0 Å². The summed E-state index contributed by atoms with van der Waals surface area (Å²) in [6.07, 6.45) is 5.98. The molecule has 0 atom stereocenters. The Kier molecular flexibility index (Phi) is 6.16. The molecule has 3 heteroatoms. The number of rotatable bonds is 6. The molecule has 0 spiro atoms. The van der Waals surface area contributed by atoms with Crippen molar-refractivity contribution >= 4 is 12.0 Å². The van der Waals surface area contributed by atoms with Crippen LogP contribution in [0.5, 0.6) is 0 Å². The molecule has 19 heavy (non-hydrogen) atoms. The Hall–Kier alpha value is -2.29. The van der Waals surface area contributed by atoms with Gasteiger partial charge in [-0.2, -0.15) is 0 Å². The molecule has 1 aromatic carbocycles. The number of ether oxygens (including phenoxy) is 2. The summed E-state index contributed by atoms with van der Waals surface area (Å²) in [6, 6.07) is 9.89. The number of carbonyl (C=O) groups is 1. The first-order chi connectivity index (χ1) is 9.17. The summed E-state index contributed by atoms with van der Waals surface area (Å²) in [6.45, 7) is 3.65. The first-order valence-electron chi connectivity index (χ1n) is 5.90. The maximum atomic E-state index is 11.2. The number of esters is 1. The van der Waals surface area contributed by atoms with E-state index in [2.05, 4.69) is 11.3 Å². The van der Waals surface area contributed by atoms with E-state index in [1.807, 2.05) is 42.5 Å². The van der Waals surface area contributed by atoms with Crippen LogP contribution in [0, 0.1) is 0 Å². The summed E-state index contributed by atoms with van der Waals surface area (Å²) in [5.41, 5.74) is 1.47. The van der Waals surface area contributed by atoms with Gasteiger partial charge in [-0.25, -0.2) is 4.79 Å². The van der Waals surface area contributed by atoms with Gasteiger partial charge in [0.2, 0.25) is 0 Å². The Morgan fingerprint density at radius 2 is 1.89 bits per heavy atom. The van der Waals surface area contributed by atoms with Crippen molar-refractivity contribution in [3.05, 3.63) is 66.0 Å². The second-order valence-corrected chi connectivity index (χ2v) is 3.85. The van der Waals surface area contributed by atoms with E-state index in [0.29, 0.717) is 17.8 Å². The Labute approximate surface area is 113 Å². The smallest absolute Gasteiger partial charge is 0.333 e. The molecule has 3 nitrogen and oxygen atoms in total. The minimum absolute atomic E-state index is 0.394. The van der Waals surface area contributed by atoms with E-state index in [-0.39, 0.29) is 0 Å². The molecule has 0 bridgehead atoms. The van der Waals surface area contributed by atoms with Gasteiger partial charge in [0.1, 0.15) is 5.76 Å². The van der Waals surface area contributed by atoms with Gasteiger partial charge in [-0.15, -0.1) is 0 Å². The highest BCUT2D eigenvalue weighted by molar-refractivity contribution is 5.87. The molecule has 0 fully saturated rings. The molecule has 0 aliphatic heterocycles. The lowest BCUT2D eigenvalue weighted by molar-refractivity contribution is -0.136. The molecule has 1 aromatic rings. The molecule has 0 N–H and O–H groups in total. The third-order valence-corrected chi connectivity index (χ3v) is 2.50. The fraction of sp³-hybridized carbons (Fsp3) is 0.188. The minimum atomic E-state index is -0.404. The van der Waals surface area contributed by atoms with Gasteiger partial charge in [-0.3, -0.25) is 0 Å². The van der Waals surface area contributed by atoms with E-state index in [1.165, 1.54) is 7.11 Å². The van der Waals surface area contributed by atoms with Crippen LogP contribution in [0.1, 0.15) is 12.0 Å². The molecule has 0 aromatic heterocycles. The van der Waals surface area contributed by atoms with E-state index >= 15 is 0 Å². The number of carbonyl (C=O) groups excluding carboxylic acids is 1. The largest absolute Gasteiger partial charge is 0.497 e. The number of allylic oxidation sites excluding steroid dienone is 2. The van der Waals surface area contributed by atoms with E-state index < -0.39 is 5.97 Å². The quantitative estimate of drug-likeness (QED) is 0.340. The van der Waals surface area contributed by atoms with Crippen molar-refractivity contribution in [1.82, 2.24) is 0 Å². The van der Waals surface area contributed by atoms with Crippen molar-refractivity contribution < 1.29 is 14.3 Å². The summed E-state index contributed by atoms with van der Waals surface area (Å²) < 4.78 is 9.80. The predicted octanol–water partition coefficient (Wildman–Crippen LogP) is 3.35. The highest BCUT2D eigenvalue weighted by Gasteiger charge is 2.04. The van der Waals surface area contributed by atoms with Crippen LogP contribution in [0.15, 0.2) is 60.4 Å². The zero-order valence-electron chi connectivity index (χ0n) is 11.3. The third-order valence-electron chi connectivity index (χ3n) is 2.50. The average molecular weight is 258 g/mol. The number of benzene rings is 1. The fourth-order valence-electron chi connectivity index (χ4n) is 1.41. The molecule has 0 saturated heterocycles. The standard InChI is InChI=1S/C16H18O3/c1-13(16(17)19-3)9-11-15(18-2)12-10-14-7-5-4-6-8-14/h4-8,10-12H,1,9H2,2-3H3/b12-10+,15-11-. The average Bonchev–Trinajstić information content (AvgIpc) is 2.47. The molecule has 0 aliphatic carbocycles. The molecule has 0 radical (unpaired) electrons. The highest BCUT2D eigenvalue weighted by atomic mass is 16.5. The Balaban J connectivity index is 2.65. The van der Waals surface area contributed by atoms with Crippen LogP contribution in [-0.4, -0.2) is 20.2 Å². The monoisotopic (exact) mass is 258 g/mol. The summed E-state index contributed by atoms with van der Waals surface area (Å²) in [7, 11) is 2.92. The molecular weight excluding hydrogens is 240 g/mol. The van der Waals surface area contributed by atoms with Crippen molar-refractivity contribution in [3.63, 3.8) is 0 Å². The maximum absolute atomic E-state index is 11.2. The van der Waals surface area contributed by atoms with E-state index in [9.17, 15) is 4.79 Å². The van der Waals surface area contributed by atoms with Crippen LogP contribution in [0.4, 0.5) is 0 Å². The number of hydrogen-bond acceptors (Lipinski definition) is 3. The SMILES string of the molecule is C=C(C/C=C(/C=C/c1ccccc1)OC)C(=O)OC. The second kappa shape index (κ2) is 7.93. The van der Waals surface area contributed by atoms with E-state index in [1.54, 1.807) is 13.2 Å². The molecule has 0 unspecified atom stereocenters. The van der Waals surface area contributed by atoms with E-state index in [0.717, 1.165) is 5.56 Å². The van der Waals surface area contributed by atoms with E-state index in [4.69, 9.17) is 4.74 Å². The Bertz CT molecular complexity index is 484. The van der Waals surface area contributed by atoms with Gasteiger partial charge in [-0.05, 0) is 17.7 Å². The molecule has 1 rings (SSSR count). The Morgan fingerprint density at radius 3 is 2.47 bits per heavy atom. The number of methoxy groups -OCH3 is 2. The normalized spacial score (nSPS) is 11.4. The molecule has 0 aliphatic rings. The van der Waals surface area contributed by atoms with Gasteiger partial charge in [0.15, 0.2) is 0 Å². The van der Waals surface area contributed by atoms with Crippen LogP contribution in [0.2, 0.25) is 0 Å². The van der Waals surface area contributed by atoms with Crippen molar-refractivity contribution in [3.8, 4) is 0 Å². The Morgan fingerprint density at radius 1 is 1.21 bits per heavy atom. The molecular formula is C16H18O3. The molecule has 100 valence electrons. The zero-order chi connectivity index (χ0) is 14.1. The lowest BCUT2D eigenvalue weighted by atomic mass is 10.1. The van der Waals surface area contributed by atoms with Crippen molar-refractivity contribution in [2.45, 2.75) is 6.42 Å². The van der Waals surface area contributed by atoms with Crippen molar-refractivity contribution in [2.24, 2.45) is 0 Å². The first-order valence-corrected chi connectivity index (χ1v) is 5.90. The number of hydrogen-bond donors (Lipinski definition) is 0. The van der Waals surface area contributed by atoms with Gasteiger partial charge >= 0.3 is 5.97 Å². The lowest BCUT2D eigenvalue weighted by Gasteiger charge is -2.02. The van der Waals surface area contributed by atoms with Crippen LogP contribution in [-0.2, 0) is 14.3 Å². The van der Waals surface area contributed by atoms with Gasteiger partial charge in [0, 0.05) is 12.0 Å². The van der Waals surface area contributed by atoms with Gasteiger partial charge in [-0.1, -0.05) is 43.0 Å². The summed E-state index contributed by atoms with van der Waals surface area (Å²) in [5, 5.41) is 0. The predicted molar refractivity (Wildman–Crippen MR) is 76.3 cm³/mol. The summed E-state index contributed by atoms with van der Waals surface area (Å²) >= 11 is 0. The topological polar surface area (TPSA) is 35.5 Å². The van der Waals surface area contributed by atoms with Crippen molar-refractivity contribution in [1.29, 1.82) is 0 Å². The lowest BCUT2D eigenvalue weighted by Crippen LogP contribution is -2.02. The van der Waals surface area contributed by atoms with Crippen LogP contribution >= 0.6 is 0 Å². The summed E-state index contributed by atoms with van der Waals surface area (Å²) in [4.78, 5) is 11.2. The zero-order valence-corrected chi connectivity index (χ0v) is 11.3. The first kappa shape index (κ1) is 14.8. The van der Waals surface area contributed by atoms with Gasteiger partial charge in [0.05, 0.1) is 14.2 Å². The minimum Gasteiger partial charge on any atom is -0.497 e. The van der Waals surface area contributed by atoms with Gasteiger partial charge in [0.25, 0.3) is 0 Å². The van der Waals surface area contributed by atoms with Crippen LogP contribution in [0.3, 0.4) is 0 Å². The highest BCUT2D eigenvalue weighted by Crippen LogP contribution is 2.09. The summed E-state index contributed by atoms with van der Waals surface area (Å²) in [5.74, 6) is 0.271. The van der Waals surface area contributed by atoms with Crippen LogP contribution in [0.25, 0.3) is 6.08 Å². The fourth-order valence-corrected chi connectivity index (χ4v) is 1.41. The molecule has 0 amide bonds. The van der Waals surface area contributed by atoms with Gasteiger partial charge < -0.3 is 9.47 Å². The third kappa shape index (κ3) is 5.25. The maximum Gasteiger partial charge on any atom is 0.333 e.